The average Bonchev–Trinajstić information content (AvgIpc) is 2.70. The Morgan fingerprint density at radius 2 is 2.11 bits per heavy atom. The van der Waals surface area contributed by atoms with Crippen molar-refractivity contribution in [1.82, 2.24) is 0 Å². The first-order valence-corrected chi connectivity index (χ1v) is 6.11. The summed E-state index contributed by atoms with van der Waals surface area (Å²) in [5, 5.41) is 12.6. The summed E-state index contributed by atoms with van der Waals surface area (Å²) in [7, 11) is 0. The number of aromatic hydroxyl groups is 1. The van der Waals surface area contributed by atoms with E-state index in [-0.39, 0.29) is 17.6 Å². The fourth-order valence-corrected chi connectivity index (χ4v) is 2.34. The predicted octanol–water partition coefficient (Wildman–Crippen LogP) is 3.39. The normalized spacial score (nSPS) is 16.8. The minimum Gasteiger partial charge on any atom is -0.508 e. The van der Waals surface area contributed by atoms with Crippen LogP contribution in [0.5, 0.6) is 11.5 Å². The summed E-state index contributed by atoms with van der Waals surface area (Å²) in [4.78, 5) is 0. The molecule has 4 heteroatoms. The third-order valence-corrected chi connectivity index (χ3v) is 3.16. The van der Waals surface area contributed by atoms with Gasteiger partial charge in [-0.25, -0.2) is 4.39 Å². The molecule has 0 bridgehead atoms. The number of hydrogen-bond donors (Lipinski definition) is 2. The highest BCUT2D eigenvalue weighted by atomic mass is 19.1. The largest absolute Gasteiger partial charge is 0.508 e. The zero-order chi connectivity index (χ0) is 13.4. The minimum absolute atomic E-state index is 0.0307. The van der Waals surface area contributed by atoms with Crippen LogP contribution in [0, 0.1) is 12.7 Å². The number of phenols is 1. The van der Waals surface area contributed by atoms with Crippen LogP contribution in [-0.4, -0.2) is 11.7 Å². The number of ether oxygens (including phenoxy) is 1. The van der Waals surface area contributed by atoms with Gasteiger partial charge in [0.05, 0.1) is 6.04 Å². The van der Waals surface area contributed by atoms with Gasteiger partial charge in [-0.3, -0.25) is 0 Å². The van der Waals surface area contributed by atoms with Gasteiger partial charge in [0.15, 0.2) is 0 Å². The van der Waals surface area contributed by atoms with E-state index in [9.17, 15) is 9.50 Å². The second-order valence-corrected chi connectivity index (χ2v) is 4.75. The lowest BCUT2D eigenvalue weighted by Crippen LogP contribution is -2.12. The summed E-state index contributed by atoms with van der Waals surface area (Å²) in [5.41, 5.74) is 2.57. The first kappa shape index (κ1) is 11.8. The number of phenolic OH excluding ortho intramolecular Hbond substituents is 1. The Kier molecular flexibility index (Phi) is 2.78. The summed E-state index contributed by atoms with van der Waals surface area (Å²) in [5.74, 6) is 0.596. The third-order valence-electron chi connectivity index (χ3n) is 3.16. The van der Waals surface area contributed by atoms with Crippen LogP contribution in [0.1, 0.15) is 17.2 Å². The van der Waals surface area contributed by atoms with E-state index in [2.05, 4.69) is 5.32 Å². The molecule has 1 atom stereocenters. The third kappa shape index (κ3) is 2.34. The number of nitrogens with one attached hydrogen (secondary N) is 1. The van der Waals surface area contributed by atoms with Gasteiger partial charge >= 0.3 is 0 Å². The van der Waals surface area contributed by atoms with Crippen LogP contribution in [0.4, 0.5) is 10.1 Å². The lowest BCUT2D eigenvalue weighted by atomic mass is 10.1. The molecule has 0 amide bonds. The van der Waals surface area contributed by atoms with Crippen molar-refractivity contribution in [2.24, 2.45) is 0 Å². The standard InChI is InChI=1S/C15H14FNO2/c1-9-4-10(16)6-11(5-9)17-14-8-19-15-7-12(18)2-3-13(14)15/h2-7,14,17-18H,8H2,1H3. The van der Waals surface area contributed by atoms with Gasteiger partial charge in [0.1, 0.15) is 23.9 Å². The van der Waals surface area contributed by atoms with Gasteiger partial charge in [0, 0.05) is 17.3 Å². The lowest BCUT2D eigenvalue weighted by molar-refractivity contribution is 0.338. The first-order chi connectivity index (χ1) is 9.11. The van der Waals surface area contributed by atoms with E-state index in [1.807, 2.05) is 19.1 Å². The number of aryl methyl sites for hydroxylation is 1. The van der Waals surface area contributed by atoms with Crippen molar-refractivity contribution in [3.05, 3.63) is 53.3 Å². The minimum atomic E-state index is -0.257. The molecule has 1 heterocycles. The van der Waals surface area contributed by atoms with Crippen molar-refractivity contribution in [3.63, 3.8) is 0 Å². The van der Waals surface area contributed by atoms with Gasteiger partial charge in [-0.05, 0) is 42.8 Å². The number of anilines is 1. The van der Waals surface area contributed by atoms with Gasteiger partial charge in [-0.2, -0.15) is 0 Å². The van der Waals surface area contributed by atoms with Crippen molar-refractivity contribution in [1.29, 1.82) is 0 Å². The maximum Gasteiger partial charge on any atom is 0.128 e. The van der Waals surface area contributed by atoms with Gasteiger partial charge in [-0.15, -0.1) is 0 Å². The zero-order valence-corrected chi connectivity index (χ0v) is 10.5. The quantitative estimate of drug-likeness (QED) is 0.868. The summed E-state index contributed by atoms with van der Waals surface area (Å²) in [6.07, 6.45) is 0. The molecule has 2 N–H and O–H groups in total. The molecule has 2 aromatic carbocycles. The summed E-state index contributed by atoms with van der Waals surface area (Å²) in [6.45, 7) is 2.32. The fourth-order valence-electron chi connectivity index (χ4n) is 2.34. The Hall–Kier alpha value is -2.23. The van der Waals surface area contributed by atoms with Crippen molar-refractivity contribution < 1.29 is 14.2 Å². The fraction of sp³-hybridized carbons (Fsp3) is 0.200. The molecule has 0 fully saturated rings. The molecular weight excluding hydrogens is 245 g/mol. The van der Waals surface area contributed by atoms with Gasteiger partial charge in [-0.1, -0.05) is 0 Å². The van der Waals surface area contributed by atoms with Crippen LogP contribution >= 0.6 is 0 Å². The van der Waals surface area contributed by atoms with Crippen molar-refractivity contribution >= 4 is 5.69 Å². The summed E-state index contributed by atoms with van der Waals surface area (Å²) < 4.78 is 18.9. The molecule has 98 valence electrons. The average molecular weight is 259 g/mol. The van der Waals surface area contributed by atoms with Crippen LogP contribution < -0.4 is 10.1 Å². The molecule has 19 heavy (non-hydrogen) atoms. The highest BCUT2D eigenvalue weighted by Crippen LogP contribution is 2.36. The number of rotatable bonds is 2. The highest BCUT2D eigenvalue weighted by molar-refractivity contribution is 5.52. The molecule has 0 spiro atoms. The molecule has 1 unspecified atom stereocenters. The second kappa shape index (κ2) is 4.46. The van der Waals surface area contributed by atoms with E-state index in [1.165, 1.54) is 12.1 Å². The Labute approximate surface area is 110 Å². The molecule has 0 saturated heterocycles. The molecular formula is C15H14FNO2. The van der Waals surface area contributed by atoms with E-state index in [1.54, 1.807) is 12.1 Å². The molecule has 1 aliphatic rings. The molecule has 0 aliphatic carbocycles. The van der Waals surface area contributed by atoms with Gasteiger partial charge in [0.25, 0.3) is 0 Å². The Morgan fingerprint density at radius 1 is 1.26 bits per heavy atom. The molecule has 0 radical (unpaired) electrons. The van der Waals surface area contributed by atoms with E-state index in [4.69, 9.17) is 4.74 Å². The Balaban J connectivity index is 1.86. The van der Waals surface area contributed by atoms with Crippen LogP contribution in [0.3, 0.4) is 0 Å². The van der Waals surface area contributed by atoms with Crippen molar-refractivity contribution in [3.8, 4) is 11.5 Å². The maximum absolute atomic E-state index is 13.3. The molecule has 0 aromatic heterocycles. The topological polar surface area (TPSA) is 41.5 Å². The Morgan fingerprint density at radius 3 is 2.89 bits per heavy atom. The number of benzene rings is 2. The van der Waals surface area contributed by atoms with Crippen molar-refractivity contribution in [2.75, 3.05) is 11.9 Å². The predicted molar refractivity (Wildman–Crippen MR) is 71.1 cm³/mol. The molecule has 3 rings (SSSR count). The van der Waals surface area contributed by atoms with Crippen LogP contribution in [0.15, 0.2) is 36.4 Å². The Bertz CT molecular complexity index is 607. The number of hydrogen-bond acceptors (Lipinski definition) is 3. The van der Waals surface area contributed by atoms with Crippen molar-refractivity contribution in [2.45, 2.75) is 13.0 Å². The summed E-state index contributed by atoms with van der Waals surface area (Å²) >= 11 is 0. The van der Waals surface area contributed by atoms with E-state index in [0.717, 1.165) is 16.8 Å². The monoisotopic (exact) mass is 259 g/mol. The zero-order valence-electron chi connectivity index (χ0n) is 10.5. The molecule has 2 aromatic rings. The van der Waals surface area contributed by atoms with Gasteiger partial charge in [0.2, 0.25) is 0 Å². The van der Waals surface area contributed by atoms with Crippen LogP contribution in [0.25, 0.3) is 0 Å². The SMILES string of the molecule is Cc1cc(F)cc(NC2COc3cc(O)ccc32)c1. The van der Waals surface area contributed by atoms with E-state index >= 15 is 0 Å². The molecule has 1 aliphatic heterocycles. The maximum atomic E-state index is 13.3. The highest BCUT2D eigenvalue weighted by Gasteiger charge is 2.24. The second-order valence-electron chi connectivity index (χ2n) is 4.75. The summed E-state index contributed by atoms with van der Waals surface area (Å²) in [6, 6.07) is 9.85. The lowest BCUT2D eigenvalue weighted by Gasteiger charge is -2.14. The smallest absolute Gasteiger partial charge is 0.128 e. The van der Waals surface area contributed by atoms with Gasteiger partial charge < -0.3 is 15.2 Å². The first-order valence-electron chi connectivity index (χ1n) is 6.11. The number of halogens is 1. The van der Waals surface area contributed by atoms with Crippen LogP contribution in [-0.2, 0) is 0 Å². The van der Waals surface area contributed by atoms with E-state index in [0.29, 0.717) is 12.4 Å². The number of fused-ring (bicyclic) bond motifs is 1. The van der Waals surface area contributed by atoms with E-state index < -0.39 is 0 Å². The van der Waals surface area contributed by atoms with Crippen LogP contribution in [0.2, 0.25) is 0 Å². The molecule has 0 saturated carbocycles. The molecule has 3 nitrogen and oxygen atoms in total.